The molecule has 1 heterocycles. The van der Waals surface area contributed by atoms with Crippen molar-refractivity contribution in [3.8, 4) is 0 Å². The van der Waals surface area contributed by atoms with Crippen LogP contribution in [0.4, 0.5) is 9.59 Å². The molecule has 0 radical (unpaired) electrons. The highest BCUT2D eigenvalue weighted by molar-refractivity contribution is 5.83. The number of fused-ring (bicyclic) bond motifs is 1. The maximum absolute atomic E-state index is 12.8. The van der Waals surface area contributed by atoms with Crippen LogP contribution in [0.25, 0.3) is 10.9 Å². The standard InChI is InChI=1S/C33H58N6O4.C2H4/c1-32(2,3)42-30(40)37-22-11-19-34-17-9-10-18-35-20-12-24-39(31(41)43-33(4,5)6)25-13-21-36-23-16-27-26-38-29-15-8-7-14-28(27)29;1-2/h7-8,14-15,26,34-36,38H,9-13,16-25H2,1-6H3,(H,37,40);1-2H2. The van der Waals surface area contributed by atoms with E-state index in [2.05, 4.69) is 63.8 Å². The maximum Gasteiger partial charge on any atom is 0.410 e. The highest BCUT2D eigenvalue weighted by Gasteiger charge is 2.21. The number of para-hydroxylation sites is 1. The predicted octanol–water partition coefficient (Wildman–Crippen LogP) is 5.99. The summed E-state index contributed by atoms with van der Waals surface area (Å²) in [7, 11) is 0. The average molecular weight is 631 g/mol. The third-order valence-electron chi connectivity index (χ3n) is 6.62. The first-order chi connectivity index (χ1) is 21.4. The van der Waals surface area contributed by atoms with Gasteiger partial charge in [-0.3, -0.25) is 0 Å². The van der Waals surface area contributed by atoms with Gasteiger partial charge in [0.15, 0.2) is 0 Å². The van der Waals surface area contributed by atoms with Crippen molar-refractivity contribution in [3.05, 3.63) is 49.2 Å². The lowest BCUT2D eigenvalue weighted by Gasteiger charge is -2.27. The maximum atomic E-state index is 12.8. The van der Waals surface area contributed by atoms with Gasteiger partial charge in [-0.05, 0) is 131 Å². The van der Waals surface area contributed by atoms with Crippen molar-refractivity contribution < 1.29 is 19.1 Å². The van der Waals surface area contributed by atoms with E-state index in [0.29, 0.717) is 19.6 Å². The lowest BCUT2D eigenvalue weighted by atomic mass is 10.1. The molecule has 0 saturated carbocycles. The molecule has 10 heteroatoms. The number of aromatic nitrogens is 1. The van der Waals surface area contributed by atoms with Crippen molar-refractivity contribution in [2.75, 3.05) is 58.9 Å². The summed E-state index contributed by atoms with van der Waals surface area (Å²) in [6.45, 7) is 24.7. The van der Waals surface area contributed by atoms with Crippen LogP contribution in [0.3, 0.4) is 0 Å². The molecule has 45 heavy (non-hydrogen) atoms. The van der Waals surface area contributed by atoms with Gasteiger partial charge < -0.3 is 40.6 Å². The Morgan fingerprint density at radius 3 is 1.87 bits per heavy atom. The van der Waals surface area contributed by atoms with E-state index in [0.717, 1.165) is 77.8 Å². The van der Waals surface area contributed by atoms with Crippen molar-refractivity contribution in [3.63, 3.8) is 0 Å². The summed E-state index contributed by atoms with van der Waals surface area (Å²) < 4.78 is 10.9. The van der Waals surface area contributed by atoms with Crippen LogP contribution in [0, 0.1) is 0 Å². The average Bonchev–Trinajstić information content (AvgIpc) is 3.38. The number of unbranched alkanes of at least 4 members (excludes halogenated alkanes) is 1. The van der Waals surface area contributed by atoms with Crippen LogP contribution in [0.1, 0.15) is 79.2 Å². The molecule has 10 nitrogen and oxygen atoms in total. The fraction of sp³-hybridized carbons (Fsp3) is 0.657. The summed E-state index contributed by atoms with van der Waals surface area (Å²) >= 11 is 0. The van der Waals surface area contributed by atoms with E-state index in [-0.39, 0.29) is 12.2 Å². The minimum absolute atomic E-state index is 0.237. The van der Waals surface area contributed by atoms with Crippen molar-refractivity contribution in [1.29, 1.82) is 0 Å². The fourth-order valence-corrected chi connectivity index (χ4v) is 4.57. The Balaban J connectivity index is 0.00000496. The number of H-pyrrole nitrogens is 1. The number of amides is 2. The molecule has 1 aromatic heterocycles. The Bertz CT molecular complexity index is 1080. The van der Waals surface area contributed by atoms with Gasteiger partial charge >= 0.3 is 12.2 Å². The number of benzene rings is 1. The van der Waals surface area contributed by atoms with Gasteiger partial charge in [-0.15, -0.1) is 13.2 Å². The van der Waals surface area contributed by atoms with Gasteiger partial charge in [0, 0.05) is 36.7 Å². The molecule has 0 spiro atoms. The molecule has 5 N–H and O–H groups in total. The number of carbonyl (C=O) groups is 2. The topological polar surface area (TPSA) is 120 Å². The number of carbonyl (C=O) groups excluding carboxylic acids is 2. The summed E-state index contributed by atoms with van der Waals surface area (Å²) in [5, 5.41) is 14.5. The van der Waals surface area contributed by atoms with Crippen LogP contribution in [0.2, 0.25) is 0 Å². The van der Waals surface area contributed by atoms with E-state index >= 15 is 0 Å². The minimum atomic E-state index is -0.506. The highest BCUT2D eigenvalue weighted by atomic mass is 16.6. The summed E-state index contributed by atoms with van der Waals surface area (Å²) in [6, 6.07) is 8.38. The van der Waals surface area contributed by atoms with Crippen molar-refractivity contribution in [2.24, 2.45) is 0 Å². The Kier molecular flexibility index (Phi) is 19.9. The fourth-order valence-electron chi connectivity index (χ4n) is 4.57. The molecule has 0 fully saturated rings. The molecule has 0 unspecified atom stereocenters. The molecule has 2 amide bonds. The smallest absolute Gasteiger partial charge is 0.410 e. The van der Waals surface area contributed by atoms with Crippen LogP contribution in [-0.4, -0.2) is 92.2 Å². The number of aromatic amines is 1. The minimum Gasteiger partial charge on any atom is -0.444 e. The van der Waals surface area contributed by atoms with Crippen LogP contribution in [-0.2, 0) is 15.9 Å². The number of rotatable bonds is 20. The molecule has 0 aliphatic carbocycles. The number of alkyl carbamates (subject to hydrolysis) is 1. The van der Waals surface area contributed by atoms with E-state index in [9.17, 15) is 9.59 Å². The normalized spacial score (nSPS) is 11.5. The Morgan fingerprint density at radius 1 is 0.733 bits per heavy atom. The third-order valence-corrected chi connectivity index (χ3v) is 6.62. The first-order valence-electron chi connectivity index (χ1n) is 16.6. The summed E-state index contributed by atoms with van der Waals surface area (Å²) in [6.07, 6.45) is 7.27. The van der Waals surface area contributed by atoms with Crippen LogP contribution in [0.15, 0.2) is 43.6 Å². The van der Waals surface area contributed by atoms with E-state index in [1.807, 2.05) is 52.5 Å². The van der Waals surface area contributed by atoms with Gasteiger partial charge in [0.25, 0.3) is 0 Å². The monoisotopic (exact) mass is 630 g/mol. The first kappa shape index (κ1) is 39.9. The van der Waals surface area contributed by atoms with Gasteiger partial charge in [0.2, 0.25) is 0 Å². The van der Waals surface area contributed by atoms with E-state index in [1.54, 1.807) is 0 Å². The van der Waals surface area contributed by atoms with E-state index in [1.165, 1.54) is 16.5 Å². The van der Waals surface area contributed by atoms with Gasteiger partial charge in [-0.2, -0.15) is 0 Å². The predicted molar refractivity (Wildman–Crippen MR) is 187 cm³/mol. The Hall–Kier alpha value is -3.08. The van der Waals surface area contributed by atoms with Gasteiger partial charge in [0.05, 0.1) is 0 Å². The molecular weight excluding hydrogens is 568 g/mol. The zero-order valence-electron chi connectivity index (χ0n) is 29.0. The van der Waals surface area contributed by atoms with E-state index in [4.69, 9.17) is 9.47 Å². The number of nitrogens with one attached hydrogen (secondary N) is 5. The lowest BCUT2D eigenvalue weighted by molar-refractivity contribution is 0.0246. The SMILES string of the molecule is C=C.CC(C)(C)OC(=O)NCCCNCCCCNCCCN(CCCNCCc1c[nH]c2ccccc12)C(=O)OC(C)(C)C. The zero-order chi connectivity index (χ0) is 33.6. The number of hydrogen-bond acceptors (Lipinski definition) is 7. The van der Waals surface area contributed by atoms with Crippen LogP contribution < -0.4 is 21.3 Å². The van der Waals surface area contributed by atoms with Gasteiger partial charge in [-0.25, -0.2) is 9.59 Å². The van der Waals surface area contributed by atoms with Crippen molar-refractivity contribution in [2.45, 2.75) is 91.3 Å². The van der Waals surface area contributed by atoms with Gasteiger partial charge in [0.1, 0.15) is 11.2 Å². The van der Waals surface area contributed by atoms with E-state index < -0.39 is 11.2 Å². The Labute approximate surface area is 272 Å². The second-order valence-electron chi connectivity index (χ2n) is 13.0. The second kappa shape index (κ2) is 22.4. The molecule has 0 aliphatic heterocycles. The molecule has 0 aliphatic rings. The van der Waals surface area contributed by atoms with Crippen molar-refractivity contribution in [1.82, 2.24) is 31.2 Å². The molecule has 2 rings (SSSR count). The number of nitrogens with zero attached hydrogens (tertiary/aromatic N) is 1. The summed E-state index contributed by atoms with van der Waals surface area (Å²) in [5.74, 6) is 0. The first-order valence-corrected chi connectivity index (χ1v) is 16.6. The third kappa shape index (κ3) is 19.8. The van der Waals surface area contributed by atoms with Crippen molar-refractivity contribution >= 4 is 23.1 Å². The largest absolute Gasteiger partial charge is 0.444 e. The molecule has 0 bridgehead atoms. The quantitative estimate of drug-likeness (QED) is 0.0900. The number of ether oxygens (including phenoxy) is 2. The van der Waals surface area contributed by atoms with Crippen LogP contribution in [0.5, 0.6) is 0 Å². The lowest BCUT2D eigenvalue weighted by Crippen LogP contribution is -2.39. The molecule has 2 aromatic rings. The Morgan fingerprint density at radius 2 is 1.27 bits per heavy atom. The molecule has 1 aromatic carbocycles. The summed E-state index contributed by atoms with van der Waals surface area (Å²) in [4.78, 5) is 29.6. The van der Waals surface area contributed by atoms with Gasteiger partial charge in [-0.1, -0.05) is 18.2 Å². The highest BCUT2D eigenvalue weighted by Crippen LogP contribution is 2.17. The number of hydrogen-bond donors (Lipinski definition) is 5. The molecule has 0 saturated heterocycles. The second-order valence-corrected chi connectivity index (χ2v) is 13.0. The molecular formula is C35H62N6O4. The zero-order valence-corrected chi connectivity index (χ0v) is 29.0. The summed E-state index contributed by atoms with van der Waals surface area (Å²) in [5.41, 5.74) is 1.53. The molecule has 256 valence electrons. The molecule has 0 atom stereocenters. The van der Waals surface area contributed by atoms with Crippen LogP contribution >= 0.6 is 0 Å².